The van der Waals surface area contributed by atoms with Crippen molar-refractivity contribution in [3.05, 3.63) is 48.3 Å². The molecule has 1 amide bonds. The monoisotopic (exact) mass is 340 g/mol. The van der Waals surface area contributed by atoms with Gasteiger partial charge in [-0.15, -0.1) is 0 Å². The summed E-state index contributed by atoms with van der Waals surface area (Å²) in [5.41, 5.74) is 2.33. The summed E-state index contributed by atoms with van der Waals surface area (Å²) in [6.07, 6.45) is 3.35. The van der Waals surface area contributed by atoms with Gasteiger partial charge in [0.1, 0.15) is 5.75 Å². The predicted octanol–water partition coefficient (Wildman–Crippen LogP) is 2.61. The molecule has 1 aromatic carbocycles. The van der Waals surface area contributed by atoms with E-state index in [0.717, 1.165) is 49.8 Å². The smallest absolute Gasteiger partial charge is 0.255 e. The molecule has 1 saturated heterocycles. The number of aromatic nitrogens is 1. The van der Waals surface area contributed by atoms with Crippen molar-refractivity contribution in [3.63, 3.8) is 0 Å². The van der Waals surface area contributed by atoms with Gasteiger partial charge in [0.25, 0.3) is 5.91 Å². The zero-order valence-corrected chi connectivity index (χ0v) is 14.7. The van der Waals surface area contributed by atoms with Crippen LogP contribution in [0.2, 0.25) is 0 Å². The number of pyridine rings is 1. The first-order valence-corrected chi connectivity index (χ1v) is 8.57. The fourth-order valence-corrected chi connectivity index (χ4v) is 2.92. The zero-order chi connectivity index (χ0) is 17.6. The standard InChI is InChI=1S/C19H24N4O2/c1-3-22-8-10-23(11-9-22)19(24)15-12-17(14-20-13-15)21-16-4-6-18(25-2)7-5-16/h4-7,12-14,21H,3,8-11H2,1-2H3. The second-order valence-corrected chi connectivity index (χ2v) is 6.04. The number of anilines is 2. The lowest BCUT2D eigenvalue weighted by atomic mass is 10.2. The van der Waals surface area contributed by atoms with Crippen LogP contribution in [-0.2, 0) is 0 Å². The lowest BCUT2D eigenvalue weighted by Crippen LogP contribution is -2.48. The summed E-state index contributed by atoms with van der Waals surface area (Å²) in [5, 5.41) is 3.27. The van der Waals surface area contributed by atoms with Crippen molar-refractivity contribution in [2.24, 2.45) is 0 Å². The number of nitrogens with one attached hydrogen (secondary N) is 1. The number of methoxy groups -OCH3 is 1. The van der Waals surface area contributed by atoms with Crippen LogP contribution in [0.15, 0.2) is 42.7 Å². The number of nitrogens with zero attached hydrogens (tertiary/aromatic N) is 3. The highest BCUT2D eigenvalue weighted by Crippen LogP contribution is 2.20. The topological polar surface area (TPSA) is 57.7 Å². The summed E-state index contributed by atoms with van der Waals surface area (Å²) in [4.78, 5) is 21.2. The van der Waals surface area contributed by atoms with Crippen LogP contribution in [-0.4, -0.2) is 60.5 Å². The van der Waals surface area contributed by atoms with E-state index in [4.69, 9.17) is 4.74 Å². The van der Waals surface area contributed by atoms with Crippen LogP contribution < -0.4 is 10.1 Å². The molecule has 25 heavy (non-hydrogen) atoms. The van der Waals surface area contributed by atoms with E-state index >= 15 is 0 Å². The highest BCUT2D eigenvalue weighted by molar-refractivity contribution is 5.95. The van der Waals surface area contributed by atoms with Crippen molar-refractivity contribution in [2.75, 3.05) is 45.2 Å². The van der Waals surface area contributed by atoms with Gasteiger partial charge in [-0.3, -0.25) is 9.78 Å². The SMILES string of the molecule is CCN1CCN(C(=O)c2cncc(Nc3ccc(OC)cc3)c2)CC1. The summed E-state index contributed by atoms with van der Waals surface area (Å²) in [6, 6.07) is 9.48. The van der Waals surface area contributed by atoms with Crippen LogP contribution in [0.3, 0.4) is 0 Å². The average Bonchev–Trinajstić information content (AvgIpc) is 2.68. The third kappa shape index (κ3) is 4.28. The van der Waals surface area contributed by atoms with E-state index in [0.29, 0.717) is 5.56 Å². The number of amides is 1. The third-order valence-corrected chi connectivity index (χ3v) is 4.47. The molecule has 0 aliphatic carbocycles. The largest absolute Gasteiger partial charge is 0.497 e. The molecule has 1 fully saturated rings. The van der Waals surface area contributed by atoms with Crippen LogP contribution in [0.1, 0.15) is 17.3 Å². The van der Waals surface area contributed by atoms with Gasteiger partial charge >= 0.3 is 0 Å². The first-order valence-electron chi connectivity index (χ1n) is 8.57. The maximum Gasteiger partial charge on any atom is 0.255 e. The van der Waals surface area contributed by atoms with Gasteiger partial charge in [-0.25, -0.2) is 0 Å². The Balaban J connectivity index is 1.67. The van der Waals surface area contributed by atoms with Gasteiger partial charge < -0.3 is 19.9 Å². The number of hydrogen-bond donors (Lipinski definition) is 1. The molecule has 1 aromatic heterocycles. The average molecular weight is 340 g/mol. The van der Waals surface area contributed by atoms with Gasteiger partial charge in [-0.2, -0.15) is 0 Å². The second kappa shape index (κ2) is 7.98. The van der Waals surface area contributed by atoms with Crippen molar-refractivity contribution in [1.82, 2.24) is 14.8 Å². The van der Waals surface area contributed by atoms with E-state index in [2.05, 4.69) is 22.1 Å². The van der Waals surface area contributed by atoms with Crippen molar-refractivity contribution in [1.29, 1.82) is 0 Å². The molecule has 0 atom stereocenters. The molecule has 1 aliphatic heterocycles. The molecular formula is C19H24N4O2. The molecule has 2 aromatic rings. The fraction of sp³-hybridized carbons (Fsp3) is 0.368. The Morgan fingerprint density at radius 1 is 1.12 bits per heavy atom. The Hall–Kier alpha value is -2.60. The van der Waals surface area contributed by atoms with E-state index in [1.54, 1.807) is 19.5 Å². The first-order chi connectivity index (χ1) is 12.2. The minimum atomic E-state index is 0.0432. The molecule has 0 unspecified atom stereocenters. The fourth-order valence-electron chi connectivity index (χ4n) is 2.92. The van der Waals surface area contributed by atoms with E-state index < -0.39 is 0 Å². The van der Waals surface area contributed by atoms with Crippen molar-refractivity contribution in [2.45, 2.75) is 6.92 Å². The van der Waals surface area contributed by atoms with Crippen LogP contribution in [0, 0.1) is 0 Å². The van der Waals surface area contributed by atoms with Gasteiger partial charge in [0.05, 0.1) is 24.6 Å². The van der Waals surface area contributed by atoms with E-state index in [1.807, 2.05) is 35.2 Å². The number of benzene rings is 1. The lowest BCUT2D eigenvalue weighted by molar-refractivity contribution is 0.0643. The molecule has 132 valence electrons. The van der Waals surface area contributed by atoms with Crippen LogP contribution >= 0.6 is 0 Å². The van der Waals surface area contributed by atoms with E-state index in [1.165, 1.54) is 0 Å². The number of ether oxygens (including phenoxy) is 1. The first kappa shape index (κ1) is 17.2. The normalized spacial score (nSPS) is 15.0. The predicted molar refractivity (Wildman–Crippen MR) is 98.5 cm³/mol. The van der Waals surface area contributed by atoms with Crippen LogP contribution in [0.4, 0.5) is 11.4 Å². The van der Waals surface area contributed by atoms with Gasteiger partial charge in [-0.1, -0.05) is 6.92 Å². The molecule has 1 aliphatic rings. The molecule has 0 spiro atoms. The molecule has 6 nitrogen and oxygen atoms in total. The minimum absolute atomic E-state index is 0.0432. The van der Waals surface area contributed by atoms with Crippen molar-refractivity contribution < 1.29 is 9.53 Å². The van der Waals surface area contributed by atoms with Crippen molar-refractivity contribution >= 4 is 17.3 Å². The number of carbonyl (C=O) groups excluding carboxylic acids is 1. The van der Waals surface area contributed by atoms with Gasteiger partial charge in [-0.05, 0) is 36.9 Å². The maximum atomic E-state index is 12.7. The second-order valence-electron chi connectivity index (χ2n) is 6.04. The Bertz CT molecular complexity index is 710. The van der Waals surface area contributed by atoms with E-state index in [9.17, 15) is 4.79 Å². The molecule has 1 N–H and O–H groups in total. The molecule has 6 heteroatoms. The Labute approximate surface area is 148 Å². The van der Waals surface area contributed by atoms with Crippen molar-refractivity contribution in [3.8, 4) is 5.75 Å². The van der Waals surface area contributed by atoms with Gasteiger partial charge in [0.15, 0.2) is 0 Å². The lowest BCUT2D eigenvalue weighted by Gasteiger charge is -2.34. The number of hydrogen-bond acceptors (Lipinski definition) is 5. The summed E-state index contributed by atoms with van der Waals surface area (Å²) < 4.78 is 5.16. The molecule has 0 saturated carbocycles. The number of rotatable bonds is 5. The van der Waals surface area contributed by atoms with Crippen LogP contribution in [0.5, 0.6) is 5.75 Å². The summed E-state index contributed by atoms with van der Waals surface area (Å²) in [6.45, 7) is 6.57. The minimum Gasteiger partial charge on any atom is -0.497 e. The van der Waals surface area contributed by atoms with Gasteiger partial charge in [0, 0.05) is 38.1 Å². The molecule has 3 rings (SSSR count). The summed E-state index contributed by atoms with van der Waals surface area (Å²) in [7, 11) is 1.64. The maximum absolute atomic E-state index is 12.7. The third-order valence-electron chi connectivity index (χ3n) is 4.47. The Morgan fingerprint density at radius 3 is 2.48 bits per heavy atom. The van der Waals surface area contributed by atoms with Gasteiger partial charge in [0.2, 0.25) is 0 Å². The Kier molecular flexibility index (Phi) is 5.50. The molecule has 2 heterocycles. The number of likely N-dealkylation sites (N-methyl/N-ethyl adjacent to an activating group) is 1. The quantitative estimate of drug-likeness (QED) is 0.907. The number of piperazine rings is 1. The Morgan fingerprint density at radius 2 is 1.84 bits per heavy atom. The van der Waals surface area contributed by atoms with E-state index in [-0.39, 0.29) is 5.91 Å². The summed E-state index contributed by atoms with van der Waals surface area (Å²) in [5.74, 6) is 0.848. The number of carbonyl (C=O) groups is 1. The summed E-state index contributed by atoms with van der Waals surface area (Å²) >= 11 is 0. The molecule has 0 bridgehead atoms. The molecule has 0 radical (unpaired) electrons. The molecular weight excluding hydrogens is 316 g/mol. The highest BCUT2D eigenvalue weighted by Gasteiger charge is 2.21. The highest BCUT2D eigenvalue weighted by atomic mass is 16.5. The van der Waals surface area contributed by atoms with Crippen LogP contribution in [0.25, 0.3) is 0 Å². The zero-order valence-electron chi connectivity index (χ0n) is 14.7.